The van der Waals surface area contributed by atoms with Crippen molar-refractivity contribution in [2.75, 3.05) is 10.8 Å². The number of rotatable bonds is 12. The molecule has 1 atom stereocenters. The van der Waals surface area contributed by atoms with Gasteiger partial charge in [-0.3, -0.25) is 13.9 Å². The molecule has 0 radical (unpaired) electrons. The minimum atomic E-state index is -4.76. The third-order valence-corrected chi connectivity index (χ3v) is 10.9. The fourth-order valence-electron chi connectivity index (χ4n) is 5.97. The number of alkyl halides is 3. The van der Waals surface area contributed by atoms with E-state index in [4.69, 9.17) is 0 Å². The molecule has 4 aromatic rings. The van der Waals surface area contributed by atoms with Crippen LogP contribution in [-0.4, -0.2) is 43.8 Å². The number of amides is 2. The van der Waals surface area contributed by atoms with Gasteiger partial charge in [-0.25, -0.2) is 8.42 Å². The van der Waals surface area contributed by atoms with Gasteiger partial charge in [0.05, 0.1) is 16.1 Å². The molecule has 0 bridgehead atoms. The van der Waals surface area contributed by atoms with Crippen LogP contribution in [-0.2, 0) is 38.8 Å². The zero-order valence-corrected chi connectivity index (χ0v) is 29.1. The van der Waals surface area contributed by atoms with E-state index in [1.807, 2.05) is 30.3 Å². The van der Waals surface area contributed by atoms with Gasteiger partial charge in [-0.05, 0) is 66.4 Å². The van der Waals surface area contributed by atoms with Gasteiger partial charge in [-0.1, -0.05) is 102 Å². The summed E-state index contributed by atoms with van der Waals surface area (Å²) in [5.74, 6) is -1.13. The fraction of sp³-hybridized carbons (Fsp3) is 0.297. The Morgan fingerprint density at radius 3 is 2.08 bits per heavy atom. The maximum Gasteiger partial charge on any atom is 0.416 e. The normalized spacial score (nSPS) is 14.5. The molecule has 49 heavy (non-hydrogen) atoms. The maximum absolute atomic E-state index is 14.6. The van der Waals surface area contributed by atoms with Crippen molar-refractivity contribution in [3.8, 4) is 0 Å². The number of sulfonamides is 1. The maximum atomic E-state index is 14.6. The molecule has 258 valence electrons. The van der Waals surface area contributed by atoms with Crippen LogP contribution in [0, 0.1) is 0 Å². The molecule has 4 aromatic carbocycles. The van der Waals surface area contributed by atoms with Gasteiger partial charge in [0, 0.05) is 23.5 Å². The minimum Gasteiger partial charge on any atom is -0.352 e. The van der Waals surface area contributed by atoms with Crippen LogP contribution >= 0.6 is 15.9 Å². The highest BCUT2D eigenvalue weighted by molar-refractivity contribution is 9.10. The molecule has 12 heteroatoms. The Bertz CT molecular complexity index is 1820. The van der Waals surface area contributed by atoms with Gasteiger partial charge in [0.2, 0.25) is 11.8 Å². The lowest BCUT2D eigenvalue weighted by atomic mass is 9.94. The molecule has 2 amide bonds. The fourth-order valence-corrected chi connectivity index (χ4v) is 7.66. The third-order valence-electron chi connectivity index (χ3n) is 8.56. The second-order valence-corrected chi connectivity index (χ2v) is 14.8. The SMILES string of the molecule is O=C(NC1CCCCC1)C(Cc1ccccc1)N(Cc1ccc(Br)cc1)C(=O)CN(c1cccc(C(F)(F)F)c1)S(=O)(=O)c1ccccc1. The van der Waals surface area contributed by atoms with E-state index in [2.05, 4.69) is 21.2 Å². The van der Waals surface area contributed by atoms with Gasteiger partial charge < -0.3 is 10.2 Å². The first-order valence-corrected chi connectivity index (χ1v) is 18.3. The van der Waals surface area contributed by atoms with Crippen LogP contribution in [0.25, 0.3) is 0 Å². The Balaban J connectivity index is 1.58. The lowest BCUT2D eigenvalue weighted by Gasteiger charge is -2.35. The van der Waals surface area contributed by atoms with Gasteiger partial charge in [0.25, 0.3) is 10.0 Å². The van der Waals surface area contributed by atoms with Crippen LogP contribution in [0.5, 0.6) is 0 Å². The summed E-state index contributed by atoms with van der Waals surface area (Å²) in [6, 6.07) is 26.3. The summed E-state index contributed by atoms with van der Waals surface area (Å²) in [5.41, 5.74) is 0.0660. The molecule has 5 rings (SSSR count). The number of hydrogen-bond acceptors (Lipinski definition) is 4. The predicted octanol–water partition coefficient (Wildman–Crippen LogP) is 7.75. The van der Waals surface area contributed by atoms with Crippen LogP contribution in [0.15, 0.2) is 119 Å². The van der Waals surface area contributed by atoms with E-state index in [1.54, 1.807) is 30.3 Å². The smallest absolute Gasteiger partial charge is 0.352 e. The number of hydrogen-bond donors (Lipinski definition) is 1. The van der Waals surface area contributed by atoms with Crippen molar-refractivity contribution in [3.63, 3.8) is 0 Å². The molecule has 1 aliphatic carbocycles. The zero-order chi connectivity index (χ0) is 35.0. The molecular formula is C37H37BrF3N3O4S. The van der Waals surface area contributed by atoms with Gasteiger partial charge in [0.1, 0.15) is 12.6 Å². The van der Waals surface area contributed by atoms with Crippen LogP contribution in [0.4, 0.5) is 18.9 Å². The summed E-state index contributed by atoms with van der Waals surface area (Å²) >= 11 is 3.42. The Labute approximate surface area is 293 Å². The van der Waals surface area contributed by atoms with Crippen LogP contribution in [0.1, 0.15) is 48.8 Å². The summed E-state index contributed by atoms with van der Waals surface area (Å²) in [6.07, 6.45) is 0.0180. The Morgan fingerprint density at radius 2 is 1.45 bits per heavy atom. The highest BCUT2D eigenvalue weighted by Crippen LogP contribution is 2.33. The molecule has 1 fully saturated rings. The lowest BCUT2D eigenvalue weighted by Crippen LogP contribution is -2.55. The zero-order valence-electron chi connectivity index (χ0n) is 26.7. The predicted molar refractivity (Wildman–Crippen MR) is 186 cm³/mol. The van der Waals surface area contributed by atoms with Crippen molar-refractivity contribution >= 4 is 43.5 Å². The largest absolute Gasteiger partial charge is 0.416 e. The number of nitrogens with zero attached hydrogens (tertiary/aromatic N) is 2. The quantitative estimate of drug-likeness (QED) is 0.160. The number of carbonyl (C=O) groups excluding carboxylic acids is 2. The van der Waals surface area contributed by atoms with Crippen LogP contribution in [0.2, 0.25) is 0 Å². The molecule has 0 aliphatic heterocycles. The van der Waals surface area contributed by atoms with Gasteiger partial charge in [0.15, 0.2) is 0 Å². The minimum absolute atomic E-state index is 0.0521. The molecule has 1 unspecified atom stereocenters. The first kappa shape index (κ1) is 36.1. The summed E-state index contributed by atoms with van der Waals surface area (Å²) in [5, 5.41) is 3.14. The summed E-state index contributed by atoms with van der Waals surface area (Å²) in [4.78, 5) is 29.9. The van der Waals surface area contributed by atoms with Gasteiger partial charge >= 0.3 is 6.18 Å². The van der Waals surface area contributed by atoms with Gasteiger partial charge in [-0.15, -0.1) is 0 Å². The van der Waals surface area contributed by atoms with E-state index in [0.717, 1.165) is 54.3 Å². The number of nitrogens with one attached hydrogen (secondary N) is 1. The molecule has 1 saturated carbocycles. The van der Waals surface area contributed by atoms with E-state index >= 15 is 0 Å². The van der Waals surface area contributed by atoms with Crippen molar-refractivity contribution in [2.45, 2.75) is 68.2 Å². The van der Waals surface area contributed by atoms with E-state index in [-0.39, 0.29) is 35.5 Å². The van der Waals surface area contributed by atoms with E-state index in [1.165, 1.54) is 35.2 Å². The summed E-state index contributed by atoms with van der Waals surface area (Å²) in [7, 11) is -4.54. The van der Waals surface area contributed by atoms with Crippen LogP contribution < -0.4 is 9.62 Å². The third kappa shape index (κ3) is 9.51. The molecule has 0 heterocycles. The molecule has 1 N–H and O–H groups in total. The van der Waals surface area contributed by atoms with Crippen molar-refractivity contribution < 1.29 is 31.2 Å². The number of halogens is 4. The summed E-state index contributed by atoms with van der Waals surface area (Å²) < 4.78 is 71.1. The molecule has 7 nitrogen and oxygen atoms in total. The number of carbonyl (C=O) groups is 2. The van der Waals surface area contributed by atoms with Crippen molar-refractivity contribution in [1.82, 2.24) is 10.2 Å². The topological polar surface area (TPSA) is 86.8 Å². The highest BCUT2D eigenvalue weighted by Gasteiger charge is 2.37. The van der Waals surface area contributed by atoms with Crippen molar-refractivity contribution in [1.29, 1.82) is 0 Å². The van der Waals surface area contributed by atoms with Crippen molar-refractivity contribution in [3.05, 3.63) is 130 Å². The highest BCUT2D eigenvalue weighted by atomic mass is 79.9. The second-order valence-electron chi connectivity index (χ2n) is 12.1. The molecule has 1 aliphatic rings. The Kier molecular flexibility index (Phi) is 11.8. The standard InChI is InChI=1S/C37H37BrF3N3O4S/c38-30-21-19-28(20-22-30)25-43(34(23-27-11-4-1-5-12-27)36(46)42-31-14-6-2-7-15-31)35(45)26-44(49(47,48)33-17-8-3-9-18-33)32-16-10-13-29(24-32)37(39,40)41/h1,3-5,8-13,16-22,24,31,34H,2,6-7,14-15,23,25-26H2,(H,42,46). The summed E-state index contributed by atoms with van der Waals surface area (Å²) in [6.45, 7) is -0.902. The molecular weight excluding hydrogens is 719 g/mol. The average molecular weight is 757 g/mol. The first-order chi connectivity index (χ1) is 23.4. The average Bonchev–Trinajstić information content (AvgIpc) is 3.10. The number of anilines is 1. The first-order valence-electron chi connectivity index (χ1n) is 16.0. The van der Waals surface area contributed by atoms with Crippen molar-refractivity contribution in [2.24, 2.45) is 0 Å². The molecule has 0 spiro atoms. The monoisotopic (exact) mass is 755 g/mol. The van der Waals surface area contributed by atoms with E-state index in [9.17, 15) is 31.2 Å². The molecule has 0 saturated heterocycles. The number of benzene rings is 4. The Morgan fingerprint density at radius 1 is 0.816 bits per heavy atom. The second kappa shape index (κ2) is 16.0. The Hall–Kier alpha value is -4.16. The molecule has 0 aromatic heterocycles. The lowest BCUT2D eigenvalue weighted by molar-refractivity contribution is -0.140. The van der Waals surface area contributed by atoms with Gasteiger partial charge in [-0.2, -0.15) is 13.2 Å². The van der Waals surface area contributed by atoms with Crippen LogP contribution in [0.3, 0.4) is 0 Å². The van der Waals surface area contributed by atoms with E-state index in [0.29, 0.717) is 15.9 Å². The van der Waals surface area contributed by atoms with E-state index < -0.39 is 40.3 Å².